The van der Waals surface area contributed by atoms with Crippen molar-refractivity contribution in [2.75, 3.05) is 6.61 Å². The van der Waals surface area contributed by atoms with Crippen molar-refractivity contribution in [3.05, 3.63) is 27.1 Å². The smallest absolute Gasteiger partial charge is 0.199 e. The molecule has 0 saturated carbocycles. The van der Waals surface area contributed by atoms with Crippen LogP contribution in [0, 0.1) is 0 Å². The van der Waals surface area contributed by atoms with Crippen molar-refractivity contribution in [1.82, 2.24) is 0 Å². The van der Waals surface area contributed by atoms with E-state index in [-0.39, 0.29) is 6.29 Å². The zero-order valence-corrected chi connectivity index (χ0v) is 11.4. The zero-order chi connectivity index (χ0) is 10.7. The SMILES string of the molecule is Brc1cc(Br)cc(OC2CCCCO2)c1. The van der Waals surface area contributed by atoms with Gasteiger partial charge in [-0.3, -0.25) is 0 Å². The predicted molar refractivity (Wildman–Crippen MR) is 66.1 cm³/mol. The van der Waals surface area contributed by atoms with Crippen molar-refractivity contribution < 1.29 is 9.47 Å². The Bertz CT molecular complexity index is 315. The molecule has 0 amide bonds. The number of hydrogen-bond donors (Lipinski definition) is 0. The predicted octanol–water partition coefficient (Wildman–Crippen LogP) is 4.12. The highest BCUT2D eigenvalue weighted by atomic mass is 79.9. The molecule has 0 spiro atoms. The summed E-state index contributed by atoms with van der Waals surface area (Å²) >= 11 is 6.85. The minimum Gasteiger partial charge on any atom is -0.465 e. The molecule has 1 aromatic carbocycles. The van der Waals surface area contributed by atoms with E-state index in [2.05, 4.69) is 31.9 Å². The Hall–Kier alpha value is -0.0600. The minimum absolute atomic E-state index is 0.0834. The summed E-state index contributed by atoms with van der Waals surface area (Å²) in [6.07, 6.45) is 3.21. The first-order chi connectivity index (χ1) is 7.24. The van der Waals surface area contributed by atoms with E-state index in [4.69, 9.17) is 9.47 Å². The van der Waals surface area contributed by atoms with Gasteiger partial charge in [-0.25, -0.2) is 0 Å². The third-order valence-corrected chi connectivity index (χ3v) is 3.16. The maximum atomic E-state index is 5.73. The third-order valence-electron chi connectivity index (χ3n) is 2.24. The molecule has 2 rings (SSSR count). The van der Waals surface area contributed by atoms with Crippen LogP contribution in [0.5, 0.6) is 5.75 Å². The molecule has 1 aromatic rings. The Kier molecular flexibility index (Phi) is 4.05. The third kappa shape index (κ3) is 3.47. The molecule has 0 aromatic heterocycles. The van der Waals surface area contributed by atoms with E-state index in [1.165, 1.54) is 6.42 Å². The monoisotopic (exact) mass is 334 g/mol. The lowest BCUT2D eigenvalue weighted by atomic mass is 10.2. The minimum atomic E-state index is -0.0834. The largest absolute Gasteiger partial charge is 0.465 e. The molecule has 1 heterocycles. The van der Waals surface area contributed by atoms with Crippen LogP contribution in [0.1, 0.15) is 19.3 Å². The van der Waals surface area contributed by atoms with Crippen LogP contribution in [-0.4, -0.2) is 12.9 Å². The van der Waals surface area contributed by atoms with Crippen molar-refractivity contribution in [3.63, 3.8) is 0 Å². The molecule has 0 N–H and O–H groups in total. The molecule has 1 atom stereocenters. The quantitative estimate of drug-likeness (QED) is 0.809. The molecule has 15 heavy (non-hydrogen) atoms. The fourth-order valence-electron chi connectivity index (χ4n) is 1.55. The molecule has 0 bridgehead atoms. The lowest BCUT2D eigenvalue weighted by molar-refractivity contribution is -0.105. The van der Waals surface area contributed by atoms with E-state index in [0.717, 1.165) is 34.1 Å². The van der Waals surface area contributed by atoms with Gasteiger partial charge in [-0.2, -0.15) is 0 Å². The first-order valence-corrected chi connectivity index (χ1v) is 6.57. The van der Waals surface area contributed by atoms with Crippen LogP contribution in [0.15, 0.2) is 27.1 Å². The normalized spacial score (nSPS) is 21.3. The molecule has 4 heteroatoms. The van der Waals surface area contributed by atoms with Gasteiger partial charge in [0.2, 0.25) is 0 Å². The molecular formula is C11H12Br2O2. The summed E-state index contributed by atoms with van der Waals surface area (Å²) in [5.74, 6) is 0.836. The molecule has 0 radical (unpaired) electrons. The summed E-state index contributed by atoms with van der Waals surface area (Å²) < 4.78 is 13.2. The van der Waals surface area contributed by atoms with Gasteiger partial charge in [-0.15, -0.1) is 0 Å². The molecule has 1 aliphatic rings. The molecule has 2 nitrogen and oxygen atoms in total. The molecule has 1 aliphatic heterocycles. The molecular weight excluding hydrogens is 324 g/mol. The summed E-state index contributed by atoms with van der Waals surface area (Å²) in [7, 11) is 0. The fourth-order valence-corrected chi connectivity index (χ4v) is 2.80. The maximum Gasteiger partial charge on any atom is 0.199 e. The van der Waals surface area contributed by atoms with Crippen LogP contribution in [0.2, 0.25) is 0 Å². The highest BCUT2D eigenvalue weighted by Gasteiger charge is 2.15. The first kappa shape index (κ1) is 11.4. The van der Waals surface area contributed by atoms with E-state index in [1.807, 2.05) is 18.2 Å². The second-order valence-corrected chi connectivity index (χ2v) is 5.35. The highest BCUT2D eigenvalue weighted by molar-refractivity contribution is 9.11. The Morgan fingerprint density at radius 3 is 2.47 bits per heavy atom. The molecule has 1 unspecified atom stereocenters. The van der Waals surface area contributed by atoms with Crippen LogP contribution in [0.25, 0.3) is 0 Å². The van der Waals surface area contributed by atoms with Crippen molar-refractivity contribution in [2.45, 2.75) is 25.6 Å². The van der Waals surface area contributed by atoms with Gasteiger partial charge in [-0.1, -0.05) is 31.9 Å². The summed E-state index contributed by atoms with van der Waals surface area (Å²) in [6, 6.07) is 5.88. The summed E-state index contributed by atoms with van der Waals surface area (Å²) in [4.78, 5) is 0. The average Bonchev–Trinajstić information content (AvgIpc) is 2.17. The van der Waals surface area contributed by atoms with Crippen molar-refractivity contribution in [1.29, 1.82) is 0 Å². The van der Waals surface area contributed by atoms with Gasteiger partial charge in [-0.05, 0) is 31.0 Å². The average molecular weight is 336 g/mol. The van der Waals surface area contributed by atoms with Gasteiger partial charge in [0.25, 0.3) is 0 Å². The molecule has 1 fully saturated rings. The Balaban J connectivity index is 2.02. The molecule has 0 aliphatic carbocycles. The van der Waals surface area contributed by atoms with Crippen molar-refractivity contribution in [2.24, 2.45) is 0 Å². The summed E-state index contributed by atoms with van der Waals surface area (Å²) in [5, 5.41) is 0. The van der Waals surface area contributed by atoms with Gasteiger partial charge in [0.05, 0.1) is 6.61 Å². The van der Waals surface area contributed by atoms with Gasteiger partial charge in [0.15, 0.2) is 6.29 Å². The van der Waals surface area contributed by atoms with Crippen LogP contribution in [-0.2, 0) is 4.74 Å². The van der Waals surface area contributed by atoms with Crippen LogP contribution < -0.4 is 4.74 Å². The van der Waals surface area contributed by atoms with E-state index < -0.39 is 0 Å². The second kappa shape index (κ2) is 5.32. The lowest BCUT2D eigenvalue weighted by Crippen LogP contribution is -2.24. The van der Waals surface area contributed by atoms with E-state index in [0.29, 0.717) is 0 Å². The van der Waals surface area contributed by atoms with E-state index >= 15 is 0 Å². The Labute approximate surface area is 106 Å². The van der Waals surface area contributed by atoms with Crippen molar-refractivity contribution in [3.8, 4) is 5.75 Å². The van der Waals surface area contributed by atoms with Gasteiger partial charge in [0, 0.05) is 15.4 Å². The topological polar surface area (TPSA) is 18.5 Å². The highest BCUT2D eigenvalue weighted by Crippen LogP contribution is 2.27. The number of benzene rings is 1. The number of hydrogen-bond acceptors (Lipinski definition) is 2. The van der Waals surface area contributed by atoms with Crippen molar-refractivity contribution >= 4 is 31.9 Å². The van der Waals surface area contributed by atoms with E-state index in [1.54, 1.807) is 0 Å². The maximum absolute atomic E-state index is 5.73. The molecule has 1 saturated heterocycles. The standard InChI is InChI=1S/C11H12Br2O2/c12-8-5-9(13)7-10(6-8)15-11-3-1-2-4-14-11/h5-7,11H,1-4H2. The second-order valence-electron chi connectivity index (χ2n) is 3.52. The first-order valence-electron chi connectivity index (χ1n) is 4.98. The number of halogens is 2. The van der Waals surface area contributed by atoms with Crippen LogP contribution >= 0.6 is 31.9 Å². The Morgan fingerprint density at radius 2 is 1.87 bits per heavy atom. The number of ether oxygens (including phenoxy) is 2. The molecule has 82 valence electrons. The van der Waals surface area contributed by atoms with Gasteiger partial charge < -0.3 is 9.47 Å². The summed E-state index contributed by atoms with van der Waals surface area (Å²) in [5.41, 5.74) is 0. The zero-order valence-electron chi connectivity index (χ0n) is 8.21. The lowest BCUT2D eigenvalue weighted by Gasteiger charge is -2.23. The summed E-state index contributed by atoms with van der Waals surface area (Å²) in [6.45, 7) is 0.805. The number of rotatable bonds is 2. The van der Waals surface area contributed by atoms with Gasteiger partial charge in [0.1, 0.15) is 5.75 Å². The fraction of sp³-hybridized carbons (Fsp3) is 0.455. The van der Waals surface area contributed by atoms with Crippen LogP contribution in [0.3, 0.4) is 0 Å². The van der Waals surface area contributed by atoms with Gasteiger partial charge >= 0.3 is 0 Å². The Morgan fingerprint density at radius 1 is 1.13 bits per heavy atom. The van der Waals surface area contributed by atoms with E-state index in [9.17, 15) is 0 Å². The van der Waals surface area contributed by atoms with Crippen LogP contribution in [0.4, 0.5) is 0 Å².